The smallest absolute Gasteiger partial charge is 0.119 e. The van der Waals surface area contributed by atoms with E-state index in [0.29, 0.717) is 6.04 Å². The fourth-order valence-electron chi connectivity index (χ4n) is 2.68. The van der Waals surface area contributed by atoms with Gasteiger partial charge in [0.25, 0.3) is 0 Å². The molecule has 1 N–H and O–H groups in total. The Morgan fingerprint density at radius 3 is 2.95 bits per heavy atom. The molecule has 1 saturated carbocycles. The molecule has 0 bridgehead atoms. The molecule has 0 radical (unpaired) electrons. The van der Waals surface area contributed by atoms with E-state index in [-0.39, 0.29) is 0 Å². The van der Waals surface area contributed by atoms with E-state index in [4.69, 9.17) is 4.74 Å². The van der Waals surface area contributed by atoms with Gasteiger partial charge in [-0.1, -0.05) is 0 Å². The van der Waals surface area contributed by atoms with Gasteiger partial charge in [-0.25, -0.2) is 0 Å². The van der Waals surface area contributed by atoms with E-state index >= 15 is 0 Å². The molecular weight excluding hydrogens is 236 g/mol. The number of benzene rings is 1. The summed E-state index contributed by atoms with van der Waals surface area (Å²) in [5.74, 6) is 1.84. The van der Waals surface area contributed by atoms with Crippen molar-refractivity contribution in [3.05, 3.63) is 30.5 Å². The Hall–Kier alpha value is -1.48. The van der Waals surface area contributed by atoms with E-state index in [0.717, 1.165) is 24.8 Å². The standard InChI is InChI=1S/C16H22N2O/c1-12(13-3-4-13)17-8-10-18-9-7-14-11-15(19-2)5-6-16(14)18/h5-7,9,11-13,17H,3-4,8,10H2,1-2H3. The zero-order chi connectivity index (χ0) is 13.2. The second-order valence-electron chi connectivity index (χ2n) is 5.51. The monoisotopic (exact) mass is 258 g/mol. The lowest BCUT2D eigenvalue weighted by molar-refractivity contribution is 0.415. The molecule has 0 aliphatic heterocycles. The Morgan fingerprint density at radius 1 is 1.37 bits per heavy atom. The molecule has 19 heavy (non-hydrogen) atoms. The van der Waals surface area contributed by atoms with Gasteiger partial charge >= 0.3 is 0 Å². The molecule has 1 aliphatic rings. The van der Waals surface area contributed by atoms with E-state index < -0.39 is 0 Å². The maximum atomic E-state index is 5.26. The van der Waals surface area contributed by atoms with Gasteiger partial charge in [0, 0.05) is 36.2 Å². The Bertz CT molecular complexity index is 557. The topological polar surface area (TPSA) is 26.2 Å². The summed E-state index contributed by atoms with van der Waals surface area (Å²) >= 11 is 0. The van der Waals surface area contributed by atoms with Crippen molar-refractivity contribution in [2.24, 2.45) is 5.92 Å². The fraction of sp³-hybridized carbons (Fsp3) is 0.500. The number of hydrogen-bond acceptors (Lipinski definition) is 2. The highest BCUT2D eigenvalue weighted by molar-refractivity contribution is 5.81. The largest absolute Gasteiger partial charge is 0.497 e. The van der Waals surface area contributed by atoms with Crippen LogP contribution in [0.15, 0.2) is 30.5 Å². The van der Waals surface area contributed by atoms with Crippen molar-refractivity contribution in [1.29, 1.82) is 0 Å². The first-order valence-corrected chi connectivity index (χ1v) is 7.14. The van der Waals surface area contributed by atoms with Gasteiger partial charge in [-0.05, 0) is 49.9 Å². The quantitative estimate of drug-likeness (QED) is 0.862. The molecule has 1 fully saturated rings. The maximum Gasteiger partial charge on any atom is 0.119 e. The molecule has 2 aromatic rings. The minimum atomic E-state index is 0.668. The first-order valence-electron chi connectivity index (χ1n) is 7.14. The minimum Gasteiger partial charge on any atom is -0.497 e. The SMILES string of the molecule is COc1ccc2c(ccn2CCNC(C)C2CC2)c1. The van der Waals surface area contributed by atoms with Crippen molar-refractivity contribution in [3.63, 3.8) is 0 Å². The number of nitrogens with zero attached hydrogens (tertiary/aromatic N) is 1. The van der Waals surface area contributed by atoms with Crippen LogP contribution in [-0.2, 0) is 6.54 Å². The molecule has 3 nitrogen and oxygen atoms in total. The average Bonchev–Trinajstić information content (AvgIpc) is 3.21. The summed E-state index contributed by atoms with van der Waals surface area (Å²) in [6, 6.07) is 9.08. The number of hydrogen-bond donors (Lipinski definition) is 1. The molecule has 1 heterocycles. The molecule has 0 spiro atoms. The van der Waals surface area contributed by atoms with Crippen LogP contribution in [-0.4, -0.2) is 24.3 Å². The number of ether oxygens (including phenoxy) is 1. The highest BCUT2D eigenvalue weighted by Gasteiger charge is 2.27. The molecule has 1 atom stereocenters. The molecule has 1 unspecified atom stereocenters. The normalized spacial score (nSPS) is 16.7. The van der Waals surface area contributed by atoms with Crippen molar-refractivity contribution in [2.45, 2.75) is 32.4 Å². The minimum absolute atomic E-state index is 0.668. The van der Waals surface area contributed by atoms with E-state index in [1.54, 1.807) is 7.11 Å². The number of fused-ring (bicyclic) bond motifs is 1. The van der Waals surface area contributed by atoms with Crippen LogP contribution in [0.2, 0.25) is 0 Å². The Labute approximate surface area is 114 Å². The highest BCUT2D eigenvalue weighted by Crippen LogP contribution is 2.32. The molecule has 1 aromatic heterocycles. The Morgan fingerprint density at radius 2 is 2.21 bits per heavy atom. The lowest BCUT2D eigenvalue weighted by Gasteiger charge is -2.13. The molecule has 1 aliphatic carbocycles. The third kappa shape index (κ3) is 2.76. The average molecular weight is 258 g/mol. The lowest BCUT2D eigenvalue weighted by atomic mass is 10.2. The van der Waals surface area contributed by atoms with Crippen molar-refractivity contribution >= 4 is 10.9 Å². The van der Waals surface area contributed by atoms with Gasteiger partial charge in [0.15, 0.2) is 0 Å². The zero-order valence-corrected chi connectivity index (χ0v) is 11.7. The summed E-state index contributed by atoms with van der Waals surface area (Å²) in [6.45, 7) is 4.36. The second-order valence-corrected chi connectivity index (χ2v) is 5.51. The van der Waals surface area contributed by atoms with Crippen molar-refractivity contribution < 1.29 is 4.74 Å². The van der Waals surface area contributed by atoms with Crippen LogP contribution < -0.4 is 10.1 Å². The summed E-state index contributed by atoms with van der Waals surface area (Å²) in [5, 5.41) is 4.87. The zero-order valence-electron chi connectivity index (χ0n) is 11.7. The van der Waals surface area contributed by atoms with Crippen molar-refractivity contribution in [2.75, 3.05) is 13.7 Å². The van der Waals surface area contributed by atoms with Gasteiger partial charge in [0.1, 0.15) is 5.75 Å². The number of methoxy groups -OCH3 is 1. The summed E-state index contributed by atoms with van der Waals surface area (Å²) in [6.07, 6.45) is 4.97. The molecule has 0 amide bonds. The van der Waals surface area contributed by atoms with Crippen LogP contribution in [0.1, 0.15) is 19.8 Å². The lowest BCUT2D eigenvalue weighted by Crippen LogP contribution is -2.30. The fourth-order valence-corrected chi connectivity index (χ4v) is 2.68. The van der Waals surface area contributed by atoms with Crippen LogP contribution in [0.25, 0.3) is 10.9 Å². The van der Waals surface area contributed by atoms with Crippen LogP contribution in [0, 0.1) is 5.92 Å². The maximum absolute atomic E-state index is 5.26. The summed E-state index contributed by atoms with van der Waals surface area (Å²) < 4.78 is 7.56. The van der Waals surface area contributed by atoms with Crippen LogP contribution in [0.5, 0.6) is 5.75 Å². The molecular formula is C16H22N2O. The van der Waals surface area contributed by atoms with Gasteiger partial charge in [0.05, 0.1) is 7.11 Å². The molecule has 102 valence electrons. The molecule has 3 rings (SSSR count). The molecule has 0 saturated heterocycles. The number of rotatable bonds is 6. The van der Waals surface area contributed by atoms with E-state index in [9.17, 15) is 0 Å². The first-order chi connectivity index (χ1) is 9.28. The van der Waals surface area contributed by atoms with Gasteiger partial charge in [0.2, 0.25) is 0 Å². The van der Waals surface area contributed by atoms with Gasteiger partial charge in [-0.15, -0.1) is 0 Å². The summed E-state index contributed by atoms with van der Waals surface area (Å²) in [7, 11) is 1.71. The Balaban J connectivity index is 1.64. The van der Waals surface area contributed by atoms with E-state index in [1.807, 2.05) is 6.07 Å². The van der Waals surface area contributed by atoms with Crippen LogP contribution in [0.3, 0.4) is 0 Å². The third-order valence-corrected chi connectivity index (χ3v) is 4.13. The number of aromatic nitrogens is 1. The third-order valence-electron chi connectivity index (χ3n) is 4.13. The van der Waals surface area contributed by atoms with Gasteiger partial charge in [-0.3, -0.25) is 0 Å². The van der Waals surface area contributed by atoms with Crippen LogP contribution >= 0.6 is 0 Å². The Kier molecular flexibility index (Phi) is 3.47. The second kappa shape index (κ2) is 5.25. The predicted molar refractivity (Wildman–Crippen MR) is 78.7 cm³/mol. The first kappa shape index (κ1) is 12.5. The highest BCUT2D eigenvalue weighted by atomic mass is 16.5. The summed E-state index contributed by atoms with van der Waals surface area (Å²) in [5.41, 5.74) is 1.28. The van der Waals surface area contributed by atoms with Crippen molar-refractivity contribution in [3.8, 4) is 5.75 Å². The van der Waals surface area contributed by atoms with Crippen LogP contribution in [0.4, 0.5) is 0 Å². The van der Waals surface area contributed by atoms with Gasteiger partial charge in [-0.2, -0.15) is 0 Å². The molecule has 3 heteroatoms. The summed E-state index contributed by atoms with van der Waals surface area (Å²) in [4.78, 5) is 0. The van der Waals surface area contributed by atoms with E-state index in [2.05, 4.69) is 41.2 Å². The predicted octanol–water partition coefficient (Wildman–Crippen LogP) is 3.04. The number of nitrogens with one attached hydrogen (secondary N) is 1. The van der Waals surface area contributed by atoms with Crippen molar-refractivity contribution in [1.82, 2.24) is 9.88 Å². The van der Waals surface area contributed by atoms with Gasteiger partial charge < -0.3 is 14.6 Å². The molecule has 1 aromatic carbocycles. The van der Waals surface area contributed by atoms with E-state index in [1.165, 1.54) is 23.7 Å².